The van der Waals surface area contributed by atoms with Crippen LogP contribution in [0.25, 0.3) is 0 Å². The van der Waals surface area contributed by atoms with Gasteiger partial charge < -0.3 is 9.47 Å². The summed E-state index contributed by atoms with van der Waals surface area (Å²) in [6.45, 7) is 3.42. The van der Waals surface area contributed by atoms with Gasteiger partial charge in [0.25, 0.3) is 0 Å². The predicted molar refractivity (Wildman–Crippen MR) is 75.0 cm³/mol. The van der Waals surface area contributed by atoms with Crippen LogP contribution in [0.15, 0.2) is 0 Å². The third-order valence-electron chi connectivity index (χ3n) is 6.31. The molecule has 0 N–H and O–H groups in total. The summed E-state index contributed by atoms with van der Waals surface area (Å²) in [6, 6.07) is 0. The fraction of sp³-hybridized carbons (Fsp3) is 1.00. The Morgan fingerprint density at radius 2 is 1.68 bits per heavy atom. The first kappa shape index (κ1) is 12.6. The lowest BCUT2D eigenvalue weighted by Gasteiger charge is -2.29. The van der Waals surface area contributed by atoms with Crippen LogP contribution in [-0.4, -0.2) is 24.9 Å². The second-order valence-electron chi connectivity index (χ2n) is 7.68. The van der Waals surface area contributed by atoms with Crippen LogP contribution in [0.1, 0.15) is 58.3 Å². The van der Waals surface area contributed by atoms with Crippen molar-refractivity contribution in [1.82, 2.24) is 0 Å². The summed E-state index contributed by atoms with van der Waals surface area (Å²) < 4.78 is 11.6. The summed E-state index contributed by atoms with van der Waals surface area (Å²) in [7, 11) is 0. The molecule has 0 radical (unpaired) electrons. The number of ether oxygens (including phenoxy) is 2. The lowest BCUT2D eigenvalue weighted by atomic mass is 9.75. The quantitative estimate of drug-likeness (QED) is 0.721. The molecule has 1 saturated carbocycles. The van der Waals surface area contributed by atoms with Crippen LogP contribution >= 0.6 is 0 Å². The van der Waals surface area contributed by atoms with Gasteiger partial charge in [-0.1, -0.05) is 39.0 Å². The van der Waals surface area contributed by atoms with Crippen LogP contribution in [0, 0.1) is 23.7 Å². The number of epoxide rings is 1. The molecule has 3 aliphatic heterocycles. The van der Waals surface area contributed by atoms with Gasteiger partial charge in [0.1, 0.15) is 0 Å². The van der Waals surface area contributed by atoms with E-state index in [9.17, 15) is 0 Å². The molecule has 0 aromatic rings. The highest BCUT2D eigenvalue weighted by molar-refractivity contribution is 5.00. The van der Waals surface area contributed by atoms with Crippen molar-refractivity contribution in [2.45, 2.75) is 76.6 Å². The number of hydrogen-bond donors (Lipinski definition) is 0. The first-order chi connectivity index (χ1) is 9.29. The fourth-order valence-electron chi connectivity index (χ4n) is 4.85. The second-order valence-corrected chi connectivity index (χ2v) is 7.68. The Balaban J connectivity index is 1.23. The molecule has 4 rings (SSSR count). The molecule has 2 heteroatoms. The number of fused-ring (bicyclic) bond motifs is 2. The van der Waals surface area contributed by atoms with Gasteiger partial charge in [0, 0.05) is 5.92 Å². The summed E-state index contributed by atoms with van der Waals surface area (Å²) >= 11 is 0. The zero-order valence-electron chi connectivity index (χ0n) is 12.2. The van der Waals surface area contributed by atoms with E-state index in [2.05, 4.69) is 6.92 Å². The molecule has 0 aromatic carbocycles. The van der Waals surface area contributed by atoms with Gasteiger partial charge in [0.05, 0.1) is 24.9 Å². The Morgan fingerprint density at radius 1 is 0.895 bits per heavy atom. The third kappa shape index (κ3) is 2.58. The average molecular weight is 264 g/mol. The van der Waals surface area contributed by atoms with E-state index in [1.165, 1.54) is 51.4 Å². The molecule has 108 valence electrons. The third-order valence-corrected chi connectivity index (χ3v) is 6.31. The van der Waals surface area contributed by atoms with Gasteiger partial charge in [-0.05, 0) is 37.0 Å². The van der Waals surface area contributed by atoms with E-state index in [1.807, 2.05) is 0 Å². The summed E-state index contributed by atoms with van der Waals surface area (Å²) in [5.41, 5.74) is 0. The van der Waals surface area contributed by atoms with Gasteiger partial charge in [0.15, 0.2) is 0 Å². The maximum atomic E-state index is 6.18. The zero-order valence-corrected chi connectivity index (χ0v) is 12.2. The van der Waals surface area contributed by atoms with Gasteiger partial charge in [-0.2, -0.15) is 0 Å². The molecular formula is C17H28O2. The Hall–Kier alpha value is -0.0800. The van der Waals surface area contributed by atoms with Gasteiger partial charge >= 0.3 is 0 Å². The average Bonchev–Trinajstić information content (AvgIpc) is 3.09. The molecule has 2 nitrogen and oxygen atoms in total. The van der Waals surface area contributed by atoms with Crippen molar-refractivity contribution in [1.29, 1.82) is 0 Å². The minimum atomic E-state index is 0.550. The Labute approximate surface area is 117 Å². The maximum absolute atomic E-state index is 6.18. The Morgan fingerprint density at radius 3 is 2.32 bits per heavy atom. The van der Waals surface area contributed by atoms with Crippen LogP contribution in [-0.2, 0) is 9.47 Å². The smallest absolute Gasteiger partial charge is 0.0863 e. The molecule has 2 bridgehead atoms. The van der Waals surface area contributed by atoms with E-state index in [-0.39, 0.29) is 0 Å². The van der Waals surface area contributed by atoms with Crippen molar-refractivity contribution in [2.24, 2.45) is 23.7 Å². The van der Waals surface area contributed by atoms with Crippen molar-refractivity contribution in [3.63, 3.8) is 0 Å². The lowest BCUT2D eigenvalue weighted by molar-refractivity contribution is 0.0791. The number of hydrogen-bond acceptors (Lipinski definition) is 2. The SMILES string of the molecule is CC1CCC(CCC2CC3OC2CC3C2CO2)CC1. The predicted octanol–water partition coefficient (Wildman–Crippen LogP) is 3.79. The van der Waals surface area contributed by atoms with Gasteiger partial charge in [0.2, 0.25) is 0 Å². The van der Waals surface area contributed by atoms with Crippen LogP contribution < -0.4 is 0 Å². The molecule has 5 unspecified atom stereocenters. The molecule has 0 amide bonds. The van der Waals surface area contributed by atoms with Crippen LogP contribution in [0.5, 0.6) is 0 Å². The second kappa shape index (κ2) is 5.04. The van der Waals surface area contributed by atoms with E-state index >= 15 is 0 Å². The zero-order chi connectivity index (χ0) is 12.8. The molecule has 0 spiro atoms. The van der Waals surface area contributed by atoms with E-state index in [0.717, 1.165) is 30.3 Å². The van der Waals surface area contributed by atoms with Crippen molar-refractivity contribution in [2.75, 3.05) is 6.61 Å². The van der Waals surface area contributed by atoms with Crippen molar-refractivity contribution < 1.29 is 9.47 Å². The summed E-state index contributed by atoms with van der Waals surface area (Å²) in [5.74, 6) is 3.63. The topological polar surface area (TPSA) is 21.8 Å². The van der Waals surface area contributed by atoms with Gasteiger partial charge in [-0.15, -0.1) is 0 Å². The number of rotatable bonds is 4. The lowest BCUT2D eigenvalue weighted by Crippen LogP contribution is -2.27. The van der Waals surface area contributed by atoms with Gasteiger partial charge in [-0.25, -0.2) is 0 Å². The largest absolute Gasteiger partial charge is 0.374 e. The highest BCUT2D eigenvalue weighted by atomic mass is 16.6. The Bertz CT molecular complexity index is 317. The first-order valence-corrected chi connectivity index (χ1v) is 8.56. The molecule has 4 aliphatic rings. The van der Waals surface area contributed by atoms with Crippen molar-refractivity contribution >= 4 is 0 Å². The standard InChI is InChI=1S/C17H28O2/c1-11-2-4-12(5-3-11)6-7-13-8-16-14(17-10-18-17)9-15(13)19-16/h11-17H,2-10H2,1H3. The van der Waals surface area contributed by atoms with E-state index < -0.39 is 0 Å². The van der Waals surface area contributed by atoms with E-state index in [0.29, 0.717) is 18.3 Å². The molecule has 5 atom stereocenters. The highest BCUT2D eigenvalue weighted by Crippen LogP contribution is 2.48. The summed E-state index contributed by atoms with van der Waals surface area (Å²) in [4.78, 5) is 0. The van der Waals surface area contributed by atoms with Crippen molar-refractivity contribution in [3.8, 4) is 0 Å². The fourth-order valence-corrected chi connectivity index (χ4v) is 4.85. The van der Waals surface area contributed by atoms with E-state index in [1.54, 1.807) is 0 Å². The Kier molecular flexibility index (Phi) is 3.35. The first-order valence-electron chi connectivity index (χ1n) is 8.56. The monoisotopic (exact) mass is 264 g/mol. The van der Waals surface area contributed by atoms with Crippen LogP contribution in [0.4, 0.5) is 0 Å². The molecule has 3 saturated heterocycles. The molecule has 0 aromatic heterocycles. The molecular weight excluding hydrogens is 236 g/mol. The van der Waals surface area contributed by atoms with E-state index in [4.69, 9.17) is 9.47 Å². The molecule has 1 aliphatic carbocycles. The van der Waals surface area contributed by atoms with Gasteiger partial charge in [-0.3, -0.25) is 0 Å². The molecule has 19 heavy (non-hydrogen) atoms. The summed E-state index contributed by atoms with van der Waals surface area (Å²) in [6.07, 6.45) is 13.1. The van der Waals surface area contributed by atoms with Crippen molar-refractivity contribution in [3.05, 3.63) is 0 Å². The molecule has 4 fully saturated rings. The molecule has 3 heterocycles. The van der Waals surface area contributed by atoms with Crippen LogP contribution in [0.2, 0.25) is 0 Å². The minimum Gasteiger partial charge on any atom is -0.374 e. The highest BCUT2D eigenvalue weighted by Gasteiger charge is 2.52. The normalized spacial score (nSPS) is 52.6. The minimum absolute atomic E-state index is 0.550. The van der Waals surface area contributed by atoms with Crippen LogP contribution in [0.3, 0.4) is 0 Å². The maximum Gasteiger partial charge on any atom is 0.0863 e. The summed E-state index contributed by atoms with van der Waals surface area (Å²) in [5, 5.41) is 0.